The number of ether oxygens (including phenoxy) is 1. The number of carbonyl (C=O) groups is 2. The fourth-order valence-corrected chi connectivity index (χ4v) is 11.3. The first-order chi connectivity index (χ1) is 39.5. The molecule has 0 spiro atoms. The van der Waals surface area contributed by atoms with Crippen LogP contribution in [0.15, 0.2) is 36.5 Å². The van der Waals surface area contributed by atoms with Crippen LogP contribution in [-0.2, 0) is 14.3 Å². The van der Waals surface area contributed by atoms with E-state index in [9.17, 15) is 19.8 Å². The standard InChI is InChI=1S/C74H141NO5/c1-3-5-7-9-11-13-15-17-18-19-20-33-36-39-43-46-50-54-58-62-66-72(77)71(70-76)75-73(78)67-63-59-55-51-47-44-40-37-34-31-29-27-25-23-21-22-24-26-28-30-32-35-38-41-45-49-53-57-61-65-69-80-74(79)68-64-60-56-52-48-42-16-14-12-10-8-6-4-2/h14,16,22,24,62,66,71-72,76-77H,3-13,15,17-21,23,25-61,63-65,67-70H2,1-2H3,(H,75,78)/b16-14-,24-22-,66-62+. The van der Waals surface area contributed by atoms with Crippen molar-refractivity contribution in [1.29, 1.82) is 0 Å². The first kappa shape index (κ1) is 78.1. The van der Waals surface area contributed by atoms with Crippen LogP contribution in [-0.4, -0.2) is 47.4 Å². The highest BCUT2D eigenvalue weighted by Gasteiger charge is 2.18. The van der Waals surface area contributed by atoms with E-state index in [0.29, 0.717) is 19.4 Å². The zero-order valence-electron chi connectivity index (χ0n) is 54.1. The van der Waals surface area contributed by atoms with E-state index >= 15 is 0 Å². The van der Waals surface area contributed by atoms with Gasteiger partial charge in [0.25, 0.3) is 0 Å². The summed E-state index contributed by atoms with van der Waals surface area (Å²) in [7, 11) is 0. The van der Waals surface area contributed by atoms with Crippen molar-refractivity contribution < 1.29 is 24.5 Å². The van der Waals surface area contributed by atoms with Gasteiger partial charge in [-0.25, -0.2) is 0 Å². The summed E-state index contributed by atoms with van der Waals surface area (Å²) in [5, 5.41) is 23.2. The van der Waals surface area contributed by atoms with Gasteiger partial charge in [0, 0.05) is 12.8 Å². The van der Waals surface area contributed by atoms with Crippen molar-refractivity contribution in [3.05, 3.63) is 36.5 Å². The number of allylic oxidation sites excluding steroid dienone is 5. The molecule has 0 saturated heterocycles. The average Bonchev–Trinajstić information content (AvgIpc) is 3.46. The molecule has 6 nitrogen and oxygen atoms in total. The normalized spacial score (nSPS) is 12.7. The summed E-state index contributed by atoms with van der Waals surface area (Å²) in [6.45, 7) is 4.92. The van der Waals surface area contributed by atoms with Crippen LogP contribution in [0.3, 0.4) is 0 Å². The number of unbranched alkanes of at least 4 members (excludes halogenated alkanes) is 53. The molecule has 0 aliphatic heterocycles. The fourth-order valence-electron chi connectivity index (χ4n) is 11.3. The number of aliphatic hydroxyl groups excluding tert-OH is 2. The van der Waals surface area contributed by atoms with Crippen LogP contribution in [0, 0.1) is 0 Å². The van der Waals surface area contributed by atoms with Crippen molar-refractivity contribution in [2.24, 2.45) is 0 Å². The van der Waals surface area contributed by atoms with Gasteiger partial charge in [0.1, 0.15) is 0 Å². The Labute approximate surface area is 500 Å². The number of esters is 1. The predicted octanol–water partition coefficient (Wildman–Crippen LogP) is 23.5. The zero-order chi connectivity index (χ0) is 57.8. The number of amides is 1. The minimum absolute atomic E-state index is 0.00791. The van der Waals surface area contributed by atoms with Gasteiger partial charge in [-0.2, -0.15) is 0 Å². The van der Waals surface area contributed by atoms with Gasteiger partial charge < -0.3 is 20.3 Å². The maximum absolute atomic E-state index is 12.5. The smallest absolute Gasteiger partial charge is 0.305 e. The Kier molecular flexibility index (Phi) is 67.9. The maximum Gasteiger partial charge on any atom is 0.305 e. The third kappa shape index (κ3) is 65.2. The highest BCUT2D eigenvalue weighted by Crippen LogP contribution is 2.18. The molecule has 0 radical (unpaired) electrons. The molecule has 0 saturated carbocycles. The van der Waals surface area contributed by atoms with Crippen molar-refractivity contribution in [2.75, 3.05) is 13.2 Å². The molecule has 0 aromatic rings. The summed E-state index contributed by atoms with van der Waals surface area (Å²) in [5.41, 5.74) is 0. The monoisotopic (exact) mass is 1120 g/mol. The van der Waals surface area contributed by atoms with Crippen LogP contribution < -0.4 is 5.32 Å². The summed E-state index contributed by atoms with van der Waals surface area (Å²) in [5.74, 6) is -0.0549. The Morgan fingerprint density at radius 2 is 0.588 bits per heavy atom. The molecule has 0 bridgehead atoms. The Morgan fingerprint density at radius 1 is 0.338 bits per heavy atom. The molecular weight excluding hydrogens is 983 g/mol. The minimum Gasteiger partial charge on any atom is -0.466 e. The largest absolute Gasteiger partial charge is 0.466 e. The molecule has 0 rings (SSSR count). The molecule has 3 N–H and O–H groups in total. The van der Waals surface area contributed by atoms with Gasteiger partial charge in [-0.1, -0.05) is 339 Å². The van der Waals surface area contributed by atoms with Gasteiger partial charge in [-0.3, -0.25) is 9.59 Å². The molecule has 0 aliphatic carbocycles. The lowest BCUT2D eigenvalue weighted by Crippen LogP contribution is -2.45. The van der Waals surface area contributed by atoms with E-state index < -0.39 is 12.1 Å². The topological polar surface area (TPSA) is 95.9 Å². The Hall–Kier alpha value is -1.92. The predicted molar refractivity (Wildman–Crippen MR) is 352 cm³/mol. The summed E-state index contributed by atoms with van der Waals surface area (Å²) < 4.78 is 5.48. The number of carbonyl (C=O) groups excluding carboxylic acids is 2. The number of hydrogen-bond acceptors (Lipinski definition) is 5. The summed E-state index contributed by atoms with van der Waals surface area (Å²) in [4.78, 5) is 24.6. The van der Waals surface area contributed by atoms with Crippen molar-refractivity contribution in [3.8, 4) is 0 Å². The quantitative estimate of drug-likeness (QED) is 0.0320. The van der Waals surface area contributed by atoms with Crippen molar-refractivity contribution in [2.45, 2.75) is 411 Å². The number of aliphatic hydroxyl groups is 2. The lowest BCUT2D eigenvalue weighted by Gasteiger charge is -2.20. The first-order valence-corrected chi connectivity index (χ1v) is 36.3. The third-order valence-electron chi connectivity index (χ3n) is 16.9. The van der Waals surface area contributed by atoms with Crippen molar-refractivity contribution in [3.63, 3.8) is 0 Å². The van der Waals surface area contributed by atoms with E-state index in [2.05, 4.69) is 43.5 Å². The average molecular weight is 1120 g/mol. The molecule has 2 atom stereocenters. The van der Waals surface area contributed by atoms with Gasteiger partial charge >= 0.3 is 5.97 Å². The van der Waals surface area contributed by atoms with Crippen molar-refractivity contribution in [1.82, 2.24) is 5.32 Å². The second-order valence-electron chi connectivity index (χ2n) is 24.9. The van der Waals surface area contributed by atoms with Gasteiger partial charge in [0.15, 0.2) is 0 Å². The van der Waals surface area contributed by atoms with Crippen LogP contribution in [0.2, 0.25) is 0 Å². The number of hydrogen-bond donors (Lipinski definition) is 3. The molecule has 2 unspecified atom stereocenters. The summed E-state index contributed by atoms with van der Waals surface area (Å²) >= 11 is 0. The van der Waals surface area contributed by atoms with Crippen molar-refractivity contribution >= 4 is 11.9 Å². The Bertz CT molecular complexity index is 1300. The summed E-state index contributed by atoms with van der Waals surface area (Å²) in [6.07, 6.45) is 89.5. The van der Waals surface area contributed by atoms with E-state index in [1.165, 1.54) is 327 Å². The van der Waals surface area contributed by atoms with Crippen LogP contribution in [0.1, 0.15) is 399 Å². The van der Waals surface area contributed by atoms with Crippen LogP contribution >= 0.6 is 0 Å². The Morgan fingerprint density at radius 3 is 0.900 bits per heavy atom. The molecule has 472 valence electrons. The fraction of sp³-hybridized carbons (Fsp3) is 0.892. The highest BCUT2D eigenvalue weighted by molar-refractivity contribution is 5.76. The zero-order valence-corrected chi connectivity index (χ0v) is 54.1. The number of nitrogens with one attached hydrogen (secondary N) is 1. The molecule has 0 aromatic carbocycles. The lowest BCUT2D eigenvalue weighted by atomic mass is 10.0. The van der Waals surface area contributed by atoms with Gasteiger partial charge in [0.2, 0.25) is 5.91 Å². The van der Waals surface area contributed by atoms with E-state index in [1.54, 1.807) is 6.08 Å². The molecule has 0 aliphatic rings. The molecule has 0 heterocycles. The van der Waals surface area contributed by atoms with E-state index in [1.807, 2.05) is 6.08 Å². The van der Waals surface area contributed by atoms with Crippen LogP contribution in [0.25, 0.3) is 0 Å². The SMILES string of the molecule is CCCCCC/C=C\CCCCCCCC(=O)OCCCCCCCCCCCCCC/C=C\CCCCCCCCCCCCCCCCC(=O)NC(CO)C(O)/C=C/CCCCCCCCCCCCCCCCCCCC. The molecule has 80 heavy (non-hydrogen) atoms. The first-order valence-electron chi connectivity index (χ1n) is 36.3. The van der Waals surface area contributed by atoms with E-state index in [0.717, 1.165) is 44.9 Å². The van der Waals surface area contributed by atoms with E-state index in [-0.39, 0.29) is 18.5 Å². The minimum atomic E-state index is -0.844. The Balaban J connectivity index is 3.39. The second-order valence-corrected chi connectivity index (χ2v) is 24.9. The molecule has 0 fully saturated rings. The van der Waals surface area contributed by atoms with Gasteiger partial charge in [-0.05, 0) is 83.5 Å². The maximum atomic E-state index is 12.5. The molecule has 1 amide bonds. The van der Waals surface area contributed by atoms with Crippen LogP contribution in [0.5, 0.6) is 0 Å². The number of rotatable bonds is 68. The van der Waals surface area contributed by atoms with Gasteiger partial charge in [0.05, 0.1) is 25.4 Å². The lowest BCUT2D eigenvalue weighted by molar-refractivity contribution is -0.143. The highest BCUT2D eigenvalue weighted by atomic mass is 16.5. The van der Waals surface area contributed by atoms with Gasteiger partial charge in [-0.15, -0.1) is 0 Å². The summed E-state index contributed by atoms with van der Waals surface area (Å²) in [6, 6.07) is -0.628. The second kappa shape index (κ2) is 69.6. The molecule has 6 heteroatoms. The van der Waals surface area contributed by atoms with Crippen LogP contribution in [0.4, 0.5) is 0 Å². The molecule has 0 aromatic heterocycles. The molecular formula is C74H141NO5. The third-order valence-corrected chi connectivity index (χ3v) is 16.9. The van der Waals surface area contributed by atoms with E-state index in [4.69, 9.17) is 4.74 Å².